The molecule has 2 nitrogen and oxygen atoms in total. The van der Waals surface area contributed by atoms with Gasteiger partial charge in [-0.05, 0) is 93.1 Å². The molecule has 1 aliphatic heterocycles. The quantitative estimate of drug-likeness (QED) is 0.556. The van der Waals surface area contributed by atoms with Crippen molar-refractivity contribution in [2.45, 2.75) is 91.1 Å². The Bertz CT molecular complexity index is 621. The third-order valence-electron chi connectivity index (χ3n) is 7.92. The molecule has 2 heteroatoms. The Balaban J connectivity index is 1.67. The topological polar surface area (TPSA) is 29.5 Å². The van der Waals surface area contributed by atoms with Gasteiger partial charge in [-0.15, -0.1) is 0 Å². The van der Waals surface area contributed by atoms with Crippen molar-refractivity contribution >= 4 is 0 Å². The lowest BCUT2D eigenvalue weighted by atomic mass is 9.60. The second-order valence-corrected chi connectivity index (χ2v) is 10.6. The van der Waals surface area contributed by atoms with E-state index in [0.29, 0.717) is 12.0 Å². The summed E-state index contributed by atoms with van der Waals surface area (Å²) in [6.45, 7) is 14.6. The number of hydrogen-bond acceptors (Lipinski definition) is 2. The molecule has 3 rings (SSSR count). The Morgan fingerprint density at radius 3 is 2.79 bits per heavy atom. The molecule has 1 saturated heterocycles. The molecular weight excluding hydrogens is 344 g/mol. The highest BCUT2D eigenvalue weighted by atomic mass is 16.5. The van der Waals surface area contributed by atoms with Crippen LogP contribution in [0.15, 0.2) is 35.5 Å². The average molecular weight is 387 g/mol. The van der Waals surface area contributed by atoms with E-state index in [1.807, 2.05) is 13.8 Å². The molecule has 0 radical (unpaired) electrons. The van der Waals surface area contributed by atoms with Gasteiger partial charge in [0.15, 0.2) is 0 Å². The highest BCUT2D eigenvalue weighted by molar-refractivity contribution is 5.35. The van der Waals surface area contributed by atoms with Gasteiger partial charge < -0.3 is 9.84 Å². The van der Waals surface area contributed by atoms with Crippen LogP contribution < -0.4 is 0 Å². The fourth-order valence-electron chi connectivity index (χ4n) is 6.33. The minimum absolute atomic E-state index is 0.462. The van der Waals surface area contributed by atoms with E-state index in [1.165, 1.54) is 44.1 Å². The molecule has 28 heavy (non-hydrogen) atoms. The lowest BCUT2D eigenvalue weighted by molar-refractivity contribution is 0.0596. The minimum Gasteiger partial charge on any atom is -0.390 e. The summed E-state index contributed by atoms with van der Waals surface area (Å²) >= 11 is 0. The summed E-state index contributed by atoms with van der Waals surface area (Å²) in [5.41, 5.74) is 4.17. The van der Waals surface area contributed by atoms with Gasteiger partial charge in [0.05, 0.1) is 18.8 Å². The van der Waals surface area contributed by atoms with E-state index in [-0.39, 0.29) is 0 Å². The van der Waals surface area contributed by atoms with Crippen molar-refractivity contribution in [2.75, 3.05) is 13.2 Å². The Morgan fingerprint density at radius 2 is 2.07 bits per heavy atom. The van der Waals surface area contributed by atoms with Crippen LogP contribution in [0, 0.1) is 23.2 Å². The highest BCUT2D eigenvalue weighted by Gasteiger charge is 2.50. The molecule has 2 aliphatic carbocycles. The molecule has 158 valence electrons. The molecule has 0 bridgehead atoms. The zero-order valence-electron chi connectivity index (χ0n) is 18.7. The first kappa shape index (κ1) is 21.8. The molecule has 3 fully saturated rings. The van der Waals surface area contributed by atoms with Crippen LogP contribution in [-0.4, -0.2) is 23.9 Å². The standard InChI is InChI=1S/C26H42O2/c1-19(8-6-15-25(3,4)27)23-12-13-24-22(9-7-16-26(23,24)5)11-10-21-14-17-28-18-20(21)2/h10-11,19,23-24,27H,2,6-9,12-18H2,1,3-5H3/b21-10+,22-11+/t19-,23-,24+,26-/m1/s1. The van der Waals surface area contributed by atoms with Crippen LogP contribution in [-0.2, 0) is 4.74 Å². The van der Waals surface area contributed by atoms with E-state index in [1.54, 1.807) is 5.57 Å². The van der Waals surface area contributed by atoms with Crippen molar-refractivity contribution in [3.8, 4) is 0 Å². The minimum atomic E-state index is -0.524. The fourth-order valence-corrected chi connectivity index (χ4v) is 6.33. The van der Waals surface area contributed by atoms with Crippen LogP contribution >= 0.6 is 0 Å². The van der Waals surface area contributed by atoms with Gasteiger partial charge in [-0.3, -0.25) is 0 Å². The van der Waals surface area contributed by atoms with Gasteiger partial charge in [0, 0.05) is 0 Å². The lowest BCUT2D eigenvalue weighted by Crippen LogP contribution is -2.36. The largest absolute Gasteiger partial charge is 0.390 e. The van der Waals surface area contributed by atoms with Crippen LogP contribution in [0.25, 0.3) is 0 Å². The lowest BCUT2D eigenvalue weighted by Gasteiger charge is -2.44. The average Bonchev–Trinajstić information content (AvgIpc) is 2.97. The maximum Gasteiger partial charge on any atom is 0.0713 e. The van der Waals surface area contributed by atoms with Crippen LogP contribution in [0.2, 0.25) is 0 Å². The van der Waals surface area contributed by atoms with E-state index >= 15 is 0 Å². The molecule has 0 unspecified atom stereocenters. The molecule has 1 heterocycles. The fraction of sp³-hybridized carbons (Fsp3) is 0.769. The van der Waals surface area contributed by atoms with Gasteiger partial charge in [-0.1, -0.05) is 51.0 Å². The Labute approximate surface area is 173 Å². The number of hydrogen-bond donors (Lipinski definition) is 1. The van der Waals surface area contributed by atoms with Crippen LogP contribution in [0.1, 0.15) is 85.5 Å². The predicted octanol–water partition coefficient (Wildman–Crippen LogP) is 6.61. The maximum atomic E-state index is 10.0. The third kappa shape index (κ3) is 5.00. The van der Waals surface area contributed by atoms with E-state index in [9.17, 15) is 5.11 Å². The zero-order valence-corrected chi connectivity index (χ0v) is 18.7. The molecule has 3 aliphatic rings. The molecule has 0 aromatic carbocycles. The number of aliphatic hydroxyl groups is 1. The van der Waals surface area contributed by atoms with Gasteiger partial charge in [-0.2, -0.15) is 0 Å². The molecule has 0 spiro atoms. The number of allylic oxidation sites excluding steroid dienone is 3. The summed E-state index contributed by atoms with van der Waals surface area (Å²) in [7, 11) is 0. The highest BCUT2D eigenvalue weighted by Crippen LogP contribution is 2.59. The number of ether oxygens (including phenoxy) is 1. The van der Waals surface area contributed by atoms with Gasteiger partial charge in [0.25, 0.3) is 0 Å². The summed E-state index contributed by atoms with van der Waals surface area (Å²) in [6, 6.07) is 0. The Hall–Kier alpha value is -0.860. The van der Waals surface area contributed by atoms with Crippen molar-refractivity contribution in [1.29, 1.82) is 0 Å². The first-order chi connectivity index (χ1) is 13.2. The third-order valence-corrected chi connectivity index (χ3v) is 7.92. The molecule has 0 aromatic heterocycles. The van der Waals surface area contributed by atoms with Crippen LogP contribution in [0.4, 0.5) is 0 Å². The monoisotopic (exact) mass is 386 g/mol. The summed E-state index contributed by atoms with van der Waals surface area (Å²) in [6.07, 6.45) is 15.8. The molecule has 4 atom stereocenters. The van der Waals surface area contributed by atoms with Crippen molar-refractivity contribution in [2.24, 2.45) is 23.2 Å². The van der Waals surface area contributed by atoms with Crippen molar-refractivity contribution in [3.63, 3.8) is 0 Å². The first-order valence-electron chi connectivity index (χ1n) is 11.6. The molecule has 2 saturated carbocycles. The summed E-state index contributed by atoms with van der Waals surface area (Å²) in [4.78, 5) is 0. The summed E-state index contributed by atoms with van der Waals surface area (Å²) in [5, 5.41) is 10.0. The van der Waals surface area contributed by atoms with Crippen molar-refractivity contribution < 1.29 is 9.84 Å². The van der Waals surface area contributed by atoms with Crippen LogP contribution in [0.5, 0.6) is 0 Å². The smallest absolute Gasteiger partial charge is 0.0713 e. The van der Waals surface area contributed by atoms with Crippen LogP contribution in [0.3, 0.4) is 0 Å². The SMILES string of the molecule is C=C1COCC/C1=C\C=C1/CCC[C@]2(C)[C@@H]([C@H](C)CCCC(C)(C)O)CC[C@@H]12. The normalized spacial score (nSPS) is 35.4. The van der Waals surface area contributed by atoms with Crippen molar-refractivity contribution in [1.82, 2.24) is 0 Å². The van der Waals surface area contributed by atoms with Gasteiger partial charge in [0.1, 0.15) is 0 Å². The second kappa shape index (κ2) is 8.88. The molecule has 0 amide bonds. The van der Waals surface area contributed by atoms with E-state index in [2.05, 4.69) is 32.6 Å². The van der Waals surface area contributed by atoms with E-state index in [0.717, 1.165) is 49.2 Å². The molecule has 0 aromatic rings. The summed E-state index contributed by atoms with van der Waals surface area (Å²) in [5.74, 6) is 2.34. The Morgan fingerprint density at radius 1 is 1.29 bits per heavy atom. The van der Waals surface area contributed by atoms with Gasteiger partial charge >= 0.3 is 0 Å². The first-order valence-corrected chi connectivity index (χ1v) is 11.6. The second-order valence-electron chi connectivity index (χ2n) is 10.6. The van der Waals surface area contributed by atoms with E-state index in [4.69, 9.17) is 4.74 Å². The van der Waals surface area contributed by atoms with Gasteiger partial charge in [-0.25, -0.2) is 0 Å². The predicted molar refractivity (Wildman–Crippen MR) is 118 cm³/mol. The number of rotatable bonds is 6. The molecule has 1 N–H and O–H groups in total. The maximum absolute atomic E-state index is 10.0. The summed E-state index contributed by atoms with van der Waals surface area (Å²) < 4.78 is 5.51. The van der Waals surface area contributed by atoms with Crippen molar-refractivity contribution in [3.05, 3.63) is 35.5 Å². The zero-order chi connectivity index (χ0) is 20.4. The number of fused-ring (bicyclic) bond motifs is 1. The van der Waals surface area contributed by atoms with E-state index < -0.39 is 5.60 Å². The Kier molecular flexibility index (Phi) is 6.92. The van der Waals surface area contributed by atoms with Gasteiger partial charge in [0.2, 0.25) is 0 Å². The molecular formula is C26H42O2.